The molecule has 0 aromatic rings. The number of carbonyl (C=O) groups excluding carboxylic acids is 3. The first-order valence-corrected chi connectivity index (χ1v) is 29.6. The second-order valence-corrected chi connectivity index (χ2v) is 19.9. The summed E-state index contributed by atoms with van der Waals surface area (Å²) in [6, 6.07) is 0. The van der Waals surface area contributed by atoms with Crippen LogP contribution in [-0.2, 0) is 28.6 Å². The minimum atomic E-state index is -0.762. The molecule has 0 spiro atoms. The first-order valence-electron chi connectivity index (χ1n) is 29.6. The second-order valence-electron chi connectivity index (χ2n) is 19.9. The fraction of sp³-hybridized carbons (Fsp3) is 0.823. The van der Waals surface area contributed by atoms with Crippen molar-refractivity contribution in [1.29, 1.82) is 0 Å². The van der Waals surface area contributed by atoms with Crippen LogP contribution in [0.2, 0.25) is 0 Å². The van der Waals surface area contributed by atoms with Crippen LogP contribution in [0.15, 0.2) is 48.6 Å². The lowest BCUT2D eigenvalue weighted by Gasteiger charge is -2.18. The molecule has 0 saturated heterocycles. The number of ether oxygens (including phenoxy) is 3. The van der Waals surface area contributed by atoms with Gasteiger partial charge in [0.2, 0.25) is 0 Å². The number of hydrogen-bond donors (Lipinski definition) is 0. The van der Waals surface area contributed by atoms with E-state index in [-0.39, 0.29) is 31.1 Å². The molecule has 0 bridgehead atoms. The van der Waals surface area contributed by atoms with Gasteiger partial charge in [-0.2, -0.15) is 0 Å². The zero-order valence-corrected chi connectivity index (χ0v) is 45.4. The summed E-state index contributed by atoms with van der Waals surface area (Å²) in [5.41, 5.74) is 0. The van der Waals surface area contributed by atoms with Crippen molar-refractivity contribution < 1.29 is 28.6 Å². The van der Waals surface area contributed by atoms with Crippen LogP contribution in [0, 0.1) is 0 Å². The Kier molecular flexibility index (Phi) is 54.8. The molecule has 0 aliphatic carbocycles. The van der Waals surface area contributed by atoms with E-state index in [1.807, 2.05) is 0 Å². The van der Waals surface area contributed by atoms with E-state index in [9.17, 15) is 14.4 Å². The van der Waals surface area contributed by atoms with E-state index in [1.54, 1.807) is 0 Å². The third kappa shape index (κ3) is 54.3. The van der Waals surface area contributed by atoms with Gasteiger partial charge in [0.05, 0.1) is 0 Å². The lowest BCUT2D eigenvalue weighted by Crippen LogP contribution is -2.30. The average molecular weight is 954 g/mol. The molecule has 0 aliphatic heterocycles. The topological polar surface area (TPSA) is 78.9 Å². The van der Waals surface area contributed by atoms with Crippen LogP contribution in [-0.4, -0.2) is 37.2 Å². The minimum absolute atomic E-state index is 0.0674. The summed E-state index contributed by atoms with van der Waals surface area (Å²) in [6.07, 6.45) is 70.3. The maximum Gasteiger partial charge on any atom is 0.306 e. The summed E-state index contributed by atoms with van der Waals surface area (Å²) < 4.78 is 16.7. The van der Waals surface area contributed by atoms with Gasteiger partial charge in [-0.25, -0.2) is 0 Å². The summed E-state index contributed by atoms with van der Waals surface area (Å²) in [7, 11) is 0. The van der Waals surface area contributed by atoms with Crippen LogP contribution >= 0.6 is 0 Å². The molecule has 0 saturated carbocycles. The van der Waals surface area contributed by atoms with Gasteiger partial charge in [-0.15, -0.1) is 0 Å². The normalized spacial score (nSPS) is 12.3. The molecule has 1 atom stereocenters. The molecule has 0 aromatic carbocycles. The Morgan fingerprint density at radius 2 is 0.574 bits per heavy atom. The Balaban J connectivity index is 3.86. The fourth-order valence-electron chi connectivity index (χ4n) is 8.67. The Labute approximate surface area is 422 Å². The van der Waals surface area contributed by atoms with Crippen LogP contribution in [0.3, 0.4) is 0 Å². The molecule has 68 heavy (non-hydrogen) atoms. The highest BCUT2D eigenvalue weighted by molar-refractivity contribution is 5.71. The molecule has 0 N–H and O–H groups in total. The molecular formula is C62H112O6. The standard InChI is InChI=1S/C62H112O6/c1-4-7-10-13-15-17-19-21-22-23-24-25-26-27-28-29-30-31-32-33-34-35-36-37-38-39-40-41-43-44-46-49-52-55-61(64)67-58-59(57-66-60(63)54-51-48-12-9-6-3)68-62(65)56-53-50-47-45-42-20-18-16-14-11-8-5-2/h7,10,15,17,21-22,24-25,59H,4-6,8-9,11-14,16,18-20,23,26-58H2,1-3H3/b10-7-,17-15-,22-21-,25-24-. The van der Waals surface area contributed by atoms with Gasteiger partial charge in [0.15, 0.2) is 6.10 Å². The maximum absolute atomic E-state index is 12.7. The number of rotatable bonds is 54. The summed E-state index contributed by atoms with van der Waals surface area (Å²) in [5.74, 6) is -0.867. The molecule has 6 nitrogen and oxygen atoms in total. The van der Waals surface area contributed by atoms with Crippen LogP contribution in [0.1, 0.15) is 310 Å². The predicted octanol–water partition coefficient (Wildman–Crippen LogP) is 19.8. The molecule has 0 heterocycles. The first kappa shape index (κ1) is 65.4. The van der Waals surface area contributed by atoms with E-state index in [0.717, 1.165) is 89.9 Å². The number of hydrogen-bond acceptors (Lipinski definition) is 6. The van der Waals surface area contributed by atoms with Crippen LogP contribution in [0.4, 0.5) is 0 Å². The summed E-state index contributed by atoms with van der Waals surface area (Å²) in [5, 5.41) is 0. The molecular weight excluding hydrogens is 841 g/mol. The Morgan fingerprint density at radius 3 is 0.897 bits per heavy atom. The van der Waals surface area contributed by atoms with E-state index in [4.69, 9.17) is 14.2 Å². The van der Waals surface area contributed by atoms with Gasteiger partial charge in [0.1, 0.15) is 13.2 Å². The molecule has 0 aromatic heterocycles. The van der Waals surface area contributed by atoms with E-state index in [1.165, 1.54) is 180 Å². The highest BCUT2D eigenvalue weighted by Gasteiger charge is 2.19. The van der Waals surface area contributed by atoms with Crippen LogP contribution in [0.25, 0.3) is 0 Å². The maximum atomic E-state index is 12.7. The number of carbonyl (C=O) groups is 3. The summed E-state index contributed by atoms with van der Waals surface area (Å²) in [6.45, 7) is 6.47. The molecule has 1 unspecified atom stereocenters. The largest absolute Gasteiger partial charge is 0.462 e. The van der Waals surface area contributed by atoms with Crippen molar-refractivity contribution in [3.05, 3.63) is 48.6 Å². The average Bonchev–Trinajstić information content (AvgIpc) is 3.34. The highest BCUT2D eigenvalue weighted by atomic mass is 16.6. The molecule has 0 rings (SSSR count). The van der Waals surface area contributed by atoms with Crippen molar-refractivity contribution in [2.45, 2.75) is 316 Å². The van der Waals surface area contributed by atoms with Crippen LogP contribution in [0.5, 0.6) is 0 Å². The summed E-state index contributed by atoms with van der Waals surface area (Å²) >= 11 is 0. The number of esters is 3. The van der Waals surface area contributed by atoms with Gasteiger partial charge in [-0.1, -0.05) is 281 Å². The van der Waals surface area contributed by atoms with E-state index >= 15 is 0 Å². The Morgan fingerprint density at radius 1 is 0.309 bits per heavy atom. The van der Waals surface area contributed by atoms with E-state index < -0.39 is 6.10 Å². The molecule has 0 radical (unpaired) electrons. The van der Waals surface area contributed by atoms with Gasteiger partial charge in [-0.3, -0.25) is 14.4 Å². The predicted molar refractivity (Wildman–Crippen MR) is 293 cm³/mol. The third-order valence-electron chi connectivity index (χ3n) is 13.1. The first-order chi connectivity index (χ1) is 33.5. The number of allylic oxidation sites excluding steroid dienone is 8. The van der Waals surface area contributed by atoms with Crippen molar-refractivity contribution >= 4 is 17.9 Å². The molecule has 396 valence electrons. The highest BCUT2D eigenvalue weighted by Crippen LogP contribution is 2.17. The molecule has 0 aliphatic rings. The van der Waals surface area contributed by atoms with Crippen molar-refractivity contribution in [2.24, 2.45) is 0 Å². The van der Waals surface area contributed by atoms with Gasteiger partial charge in [0.25, 0.3) is 0 Å². The fourth-order valence-corrected chi connectivity index (χ4v) is 8.67. The Hall–Kier alpha value is -2.63. The molecule has 0 fully saturated rings. The summed E-state index contributed by atoms with van der Waals surface area (Å²) in [4.78, 5) is 37.7. The van der Waals surface area contributed by atoms with E-state index in [0.29, 0.717) is 19.3 Å². The monoisotopic (exact) mass is 953 g/mol. The van der Waals surface area contributed by atoms with Crippen molar-refractivity contribution in [2.75, 3.05) is 13.2 Å². The zero-order chi connectivity index (χ0) is 49.3. The Bertz CT molecular complexity index is 1190. The quantitative estimate of drug-likeness (QED) is 0.0262. The van der Waals surface area contributed by atoms with Gasteiger partial charge in [0, 0.05) is 19.3 Å². The smallest absolute Gasteiger partial charge is 0.306 e. The second kappa shape index (κ2) is 57.0. The van der Waals surface area contributed by atoms with Crippen molar-refractivity contribution in [3.63, 3.8) is 0 Å². The molecule has 0 amide bonds. The zero-order valence-electron chi connectivity index (χ0n) is 45.4. The van der Waals surface area contributed by atoms with Crippen LogP contribution < -0.4 is 0 Å². The van der Waals surface area contributed by atoms with Crippen molar-refractivity contribution in [3.8, 4) is 0 Å². The lowest BCUT2D eigenvalue weighted by atomic mass is 10.0. The van der Waals surface area contributed by atoms with E-state index in [2.05, 4.69) is 69.4 Å². The third-order valence-corrected chi connectivity index (χ3v) is 13.1. The van der Waals surface area contributed by atoms with Gasteiger partial charge < -0.3 is 14.2 Å². The SMILES string of the molecule is CC/C=C\C/C=C\C/C=C\C/C=C\CCCCCCCCCCCCCCCCCCCCCCC(=O)OCC(COC(=O)CCCCCCC)OC(=O)CCCCCCCCCCCCCC. The molecule has 6 heteroatoms. The van der Waals surface area contributed by atoms with Gasteiger partial charge in [-0.05, 0) is 57.8 Å². The van der Waals surface area contributed by atoms with Crippen molar-refractivity contribution in [1.82, 2.24) is 0 Å². The minimum Gasteiger partial charge on any atom is -0.462 e. The van der Waals surface area contributed by atoms with Gasteiger partial charge >= 0.3 is 17.9 Å². The lowest BCUT2D eigenvalue weighted by molar-refractivity contribution is -0.167. The number of unbranched alkanes of at least 4 members (excludes halogenated alkanes) is 35.